The maximum Gasteiger partial charge on any atom is 2.00 e. The van der Waals surface area contributed by atoms with Crippen molar-refractivity contribution in [3.8, 4) is 0 Å². The van der Waals surface area contributed by atoms with Gasteiger partial charge in [0.15, 0.2) is 0 Å². The van der Waals surface area contributed by atoms with Crippen LogP contribution in [0.15, 0.2) is 59.5 Å². The number of carboxylic acids is 2. The Bertz CT molecular complexity index is 560. The predicted molar refractivity (Wildman–Crippen MR) is 75.8 cm³/mol. The molecule has 0 aliphatic rings. The standard InChI is InChI=1S/C8H6O4.C6H6OS.Mg/c9-7(10)5-2-1-3-6(4-5)8(11)12;7-8-6-4-2-1-3-5-6;/h1-4H,(H,9,10)(H,11,12);1-5,7H;/q;;+2/p-2. The molecule has 0 heterocycles. The van der Waals surface area contributed by atoms with Gasteiger partial charge in [0.05, 0.1) is 11.9 Å². The monoisotopic (exact) mass is 314 g/mol. The minimum atomic E-state index is -1.40. The Morgan fingerprint density at radius 3 is 1.67 bits per heavy atom. The number of benzene rings is 2. The van der Waals surface area contributed by atoms with Crippen molar-refractivity contribution in [1.82, 2.24) is 0 Å². The molecular formula is C14H10MgO5S. The Hall–Kier alpha value is -1.54. The van der Waals surface area contributed by atoms with Crippen LogP contribution >= 0.6 is 12.0 Å². The summed E-state index contributed by atoms with van der Waals surface area (Å²) in [4.78, 5) is 21.4. The van der Waals surface area contributed by atoms with Crippen LogP contribution in [-0.2, 0) is 0 Å². The van der Waals surface area contributed by atoms with Gasteiger partial charge in [0.1, 0.15) is 0 Å². The van der Waals surface area contributed by atoms with Gasteiger partial charge in [-0.05, 0) is 29.3 Å². The molecule has 2 aromatic carbocycles. The molecule has 0 atom stereocenters. The Labute approximate surface area is 142 Å². The second-order valence-electron chi connectivity index (χ2n) is 3.56. The molecule has 7 heteroatoms. The van der Waals surface area contributed by atoms with Crippen LogP contribution < -0.4 is 10.2 Å². The topological polar surface area (TPSA) is 100 Å². The van der Waals surface area contributed by atoms with Gasteiger partial charge < -0.3 is 24.4 Å². The van der Waals surface area contributed by atoms with E-state index in [1.807, 2.05) is 30.3 Å². The van der Waals surface area contributed by atoms with E-state index < -0.39 is 11.9 Å². The molecule has 5 nitrogen and oxygen atoms in total. The first-order valence-electron chi connectivity index (χ1n) is 5.44. The van der Waals surface area contributed by atoms with Gasteiger partial charge in [0.25, 0.3) is 0 Å². The first-order valence-corrected chi connectivity index (χ1v) is 6.21. The Kier molecular flexibility index (Phi) is 9.47. The van der Waals surface area contributed by atoms with Gasteiger partial charge in [-0.3, -0.25) is 0 Å². The van der Waals surface area contributed by atoms with Crippen molar-refractivity contribution in [1.29, 1.82) is 0 Å². The molecule has 0 aromatic heterocycles. The fourth-order valence-corrected chi connectivity index (χ4v) is 1.53. The Morgan fingerprint density at radius 2 is 1.33 bits per heavy atom. The number of rotatable bonds is 3. The van der Waals surface area contributed by atoms with Gasteiger partial charge in [-0.15, -0.1) is 0 Å². The fourth-order valence-electron chi connectivity index (χ4n) is 1.25. The summed E-state index contributed by atoms with van der Waals surface area (Å²) in [5.74, 6) is -2.81. The van der Waals surface area contributed by atoms with Gasteiger partial charge in [-0.2, -0.15) is 0 Å². The molecule has 0 fully saturated rings. The van der Waals surface area contributed by atoms with Crippen LogP contribution in [-0.4, -0.2) is 39.5 Å². The summed E-state index contributed by atoms with van der Waals surface area (Å²) in [6.45, 7) is 0. The molecule has 104 valence electrons. The summed E-state index contributed by atoms with van der Waals surface area (Å²) >= 11 is 0.769. The molecule has 0 amide bonds. The minimum Gasteiger partial charge on any atom is -0.545 e. The van der Waals surface area contributed by atoms with Gasteiger partial charge >= 0.3 is 23.1 Å². The van der Waals surface area contributed by atoms with Crippen LogP contribution in [0, 0.1) is 0 Å². The van der Waals surface area contributed by atoms with Crippen molar-refractivity contribution in [3.05, 3.63) is 65.7 Å². The molecule has 0 unspecified atom stereocenters. The van der Waals surface area contributed by atoms with Gasteiger partial charge in [0.2, 0.25) is 0 Å². The maximum absolute atomic E-state index is 10.3. The third kappa shape index (κ3) is 7.14. The number of carboxylic acid groups (broad SMARTS) is 2. The first kappa shape index (κ1) is 19.5. The van der Waals surface area contributed by atoms with E-state index in [0.29, 0.717) is 0 Å². The van der Waals surface area contributed by atoms with E-state index in [1.165, 1.54) is 18.2 Å². The summed E-state index contributed by atoms with van der Waals surface area (Å²) in [5, 5.41) is 20.5. The summed E-state index contributed by atoms with van der Waals surface area (Å²) in [7, 11) is 0. The SMILES string of the molecule is O=C([O-])c1cccc(C(=O)[O-])c1.OSc1ccccc1.[Mg+2]. The van der Waals surface area contributed by atoms with Crippen LogP contribution in [0.4, 0.5) is 0 Å². The fraction of sp³-hybridized carbons (Fsp3) is 0. The zero-order valence-corrected chi connectivity index (χ0v) is 13.1. The summed E-state index contributed by atoms with van der Waals surface area (Å²) in [5.41, 5.74) is -0.339. The molecule has 21 heavy (non-hydrogen) atoms. The molecule has 0 bridgehead atoms. The Morgan fingerprint density at radius 1 is 0.857 bits per heavy atom. The summed E-state index contributed by atoms with van der Waals surface area (Å²) in [6.07, 6.45) is 0. The Balaban J connectivity index is 0.000000390. The summed E-state index contributed by atoms with van der Waals surface area (Å²) < 4.78 is 8.45. The predicted octanol–water partition coefficient (Wildman–Crippen LogP) is 0.284. The van der Waals surface area contributed by atoms with Gasteiger partial charge in [0, 0.05) is 16.9 Å². The molecule has 0 radical (unpaired) electrons. The van der Waals surface area contributed by atoms with Crippen molar-refractivity contribution in [2.45, 2.75) is 4.90 Å². The zero-order chi connectivity index (χ0) is 15.0. The molecule has 0 aliphatic carbocycles. The molecule has 2 rings (SSSR count). The van der Waals surface area contributed by atoms with Crippen molar-refractivity contribution in [2.75, 3.05) is 0 Å². The number of hydrogen-bond acceptors (Lipinski definition) is 6. The molecule has 0 aliphatic heterocycles. The average molecular weight is 315 g/mol. The number of hydrogen-bond donors (Lipinski definition) is 1. The number of aromatic carboxylic acids is 2. The third-order valence-electron chi connectivity index (χ3n) is 2.18. The van der Waals surface area contributed by atoms with E-state index in [9.17, 15) is 19.8 Å². The molecular weight excluding hydrogens is 305 g/mol. The average Bonchev–Trinajstić information content (AvgIpc) is 2.49. The summed E-state index contributed by atoms with van der Waals surface area (Å²) in [6, 6.07) is 14.2. The molecule has 1 N–H and O–H groups in total. The van der Waals surface area contributed by atoms with E-state index in [-0.39, 0.29) is 34.2 Å². The largest absolute Gasteiger partial charge is 2.00 e. The number of carbonyl (C=O) groups excluding carboxylic acids is 2. The number of carbonyl (C=O) groups is 2. The second-order valence-corrected chi connectivity index (χ2v) is 4.21. The van der Waals surface area contributed by atoms with Crippen LogP contribution in [0.1, 0.15) is 20.7 Å². The quantitative estimate of drug-likeness (QED) is 0.645. The molecule has 0 saturated carbocycles. The third-order valence-corrected chi connectivity index (χ3v) is 2.67. The van der Waals surface area contributed by atoms with E-state index in [4.69, 9.17) is 4.55 Å². The van der Waals surface area contributed by atoms with Crippen molar-refractivity contribution in [3.63, 3.8) is 0 Å². The second kappa shape index (κ2) is 10.2. The van der Waals surface area contributed by atoms with Crippen LogP contribution in [0.3, 0.4) is 0 Å². The van der Waals surface area contributed by atoms with E-state index >= 15 is 0 Å². The minimum absolute atomic E-state index is 0. The van der Waals surface area contributed by atoms with Crippen LogP contribution in [0.5, 0.6) is 0 Å². The van der Waals surface area contributed by atoms with E-state index in [1.54, 1.807) is 0 Å². The first-order chi connectivity index (χ1) is 9.54. The van der Waals surface area contributed by atoms with Gasteiger partial charge in [-0.1, -0.05) is 36.4 Å². The smallest absolute Gasteiger partial charge is 0.545 e. The normalized spacial score (nSPS) is 8.81. The maximum atomic E-state index is 10.3. The van der Waals surface area contributed by atoms with Crippen molar-refractivity contribution < 1.29 is 24.4 Å². The zero-order valence-electron chi connectivity index (χ0n) is 10.9. The van der Waals surface area contributed by atoms with E-state index in [0.717, 1.165) is 23.0 Å². The molecule has 2 aromatic rings. The molecule has 0 spiro atoms. The molecule has 0 saturated heterocycles. The van der Waals surface area contributed by atoms with Crippen molar-refractivity contribution in [2.24, 2.45) is 0 Å². The van der Waals surface area contributed by atoms with Crippen LogP contribution in [0.25, 0.3) is 0 Å². The van der Waals surface area contributed by atoms with Crippen LogP contribution in [0.2, 0.25) is 0 Å². The van der Waals surface area contributed by atoms with Gasteiger partial charge in [-0.25, -0.2) is 0 Å². The van der Waals surface area contributed by atoms with Crippen molar-refractivity contribution >= 4 is 47.0 Å². The van der Waals surface area contributed by atoms with E-state index in [2.05, 4.69) is 0 Å².